The molecule has 5 nitrogen and oxygen atoms in total. The topological polar surface area (TPSA) is 51.2 Å². The van der Waals surface area contributed by atoms with Gasteiger partial charge in [-0.2, -0.15) is 0 Å². The van der Waals surface area contributed by atoms with E-state index in [0.717, 1.165) is 30.8 Å². The Morgan fingerprint density at radius 3 is 3.00 bits per heavy atom. The van der Waals surface area contributed by atoms with Crippen LogP contribution in [0.4, 0.5) is 0 Å². The number of aliphatic hydroxyl groups is 1. The van der Waals surface area contributed by atoms with Crippen LogP contribution in [0.2, 0.25) is 0 Å². The first kappa shape index (κ1) is 14.6. The van der Waals surface area contributed by atoms with Crippen LogP contribution in [0.15, 0.2) is 18.2 Å². The lowest BCUT2D eigenvalue weighted by molar-refractivity contribution is -0.0180. The number of methoxy groups -OCH3 is 1. The zero-order valence-corrected chi connectivity index (χ0v) is 12.6. The zero-order valence-electron chi connectivity index (χ0n) is 12.6. The van der Waals surface area contributed by atoms with Crippen molar-refractivity contribution >= 4 is 0 Å². The fraction of sp³-hybridized carbons (Fsp3) is 0.625. The van der Waals surface area contributed by atoms with Crippen molar-refractivity contribution in [2.45, 2.75) is 25.6 Å². The molecule has 5 heteroatoms. The first-order chi connectivity index (χ1) is 10.2. The molecule has 0 aliphatic carbocycles. The van der Waals surface area contributed by atoms with Crippen molar-refractivity contribution in [3.05, 3.63) is 23.8 Å². The fourth-order valence-electron chi connectivity index (χ4n) is 3.04. The Labute approximate surface area is 125 Å². The minimum atomic E-state index is -0.523. The number of benzene rings is 1. The zero-order chi connectivity index (χ0) is 14.8. The molecule has 3 unspecified atom stereocenters. The number of piperidine rings is 1. The lowest BCUT2D eigenvalue weighted by Crippen LogP contribution is -2.45. The SMILES string of the molecule is COC1CN(CC(O)c2ccc3c(c2)OCO3)CCC1C. The highest BCUT2D eigenvalue weighted by Gasteiger charge is 2.27. The van der Waals surface area contributed by atoms with Crippen LogP contribution in [0, 0.1) is 5.92 Å². The van der Waals surface area contributed by atoms with E-state index in [4.69, 9.17) is 14.2 Å². The normalized spacial score (nSPS) is 26.8. The summed E-state index contributed by atoms with van der Waals surface area (Å²) in [4.78, 5) is 2.27. The lowest BCUT2D eigenvalue weighted by atomic mass is 9.95. The standard InChI is InChI=1S/C16H23NO4/c1-11-5-6-17(9-16(11)19-2)8-13(18)12-3-4-14-15(7-12)21-10-20-14/h3-4,7,11,13,16,18H,5-6,8-10H2,1-2H3. The summed E-state index contributed by atoms with van der Waals surface area (Å²) >= 11 is 0. The van der Waals surface area contributed by atoms with Gasteiger partial charge in [0.2, 0.25) is 6.79 Å². The lowest BCUT2D eigenvalue weighted by Gasteiger charge is -2.37. The summed E-state index contributed by atoms with van der Waals surface area (Å²) in [7, 11) is 1.76. The summed E-state index contributed by atoms with van der Waals surface area (Å²) in [6.07, 6.45) is 0.833. The Balaban J connectivity index is 1.62. The monoisotopic (exact) mass is 293 g/mol. The molecule has 3 atom stereocenters. The third-order valence-electron chi connectivity index (χ3n) is 4.49. The first-order valence-corrected chi connectivity index (χ1v) is 7.50. The van der Waals surface area contributed by atoms with Crippen LogP contribution < -0.4 is 9.47 Å². The molecule has 0 spiro atoms. The van der Waals surface area contributed by atoms with Crippen LogP contribution in [-0.2, 0) is 4.74 Å². The van der Waals surface area contributed by atoms with Gasteiger partial charge >= 0.3 is 0 Å². The summed E-state index contributed by atoms with van der Waals surface area (Å²) in [6.45, 7) is 4.97. The van der Waals surface area contributed by atoms with Gasteiger partial charge in [-0.25, -0.2) is 0 Å². The van der Waals surface area contributed by atoms with E-state index >= 15 is 0 Å². The van der Waals surface area contributed by atoms with Crippen LogP contribution in [0.3, 0.4) is 0 Å². The number of fused-ring (bicyclic) bond motifs is 1. The van der Waals surface area contributed by atoms with Gasteiger partial charge < -0.3 is 19.3 Å². The molecule has 116 valence electrons. The maximum atomic E-state index is 10.5. The predicted molar refractivity (Wildman–Crippen MR) is 78.5 cm³/mol. The van der Waals surface area contributed by atoms with Gasteiger partial charge in [-0.15, -0.1) is 0 Å². The Bertz CT molecular complexity index is 493. The van der Waals surface area contributed by atoms with Crippen LogP contribution in [0.25, 0.3) is 0 Å². The number of ether oxygens (including phenoxy) is 3. The Morgan fingerprint density at radius 2 is 2.19 bits per heavy atom. The van der Waals surface area contributed by atoms with E-state index in [9.17, 15) is 5.11 Å². The molecule has 2 heterocycles. The Hall–Kier alpha value is -1.30. The summed E-state index contributed by atoms with van der Waals surface area (Å²) in [6, 6.07) is 5.63. The first-order valence-electron chi connectivity index (χ1n) is 7.50. The number of rotatable bonds is 4. The van der Waals surface area contributed by atoms with E-state index in [1.54, 1.807) is 7.11 Å². The second-order valence-corrected chi connectivity index (χ2v) is 5.93. The van der Waals surface area contributed by atoms with Gasteiger partial charge in [0.05, 0.1) is 12.2 Å². The number of aliphatic hydroxyl groups excluding tert-OH is 1. The van der Waals surface area contributed by atoms with Crippen molar-refractivity contribution in [1.82, 2.24) is 4.90 Å². The maximum absolute atomic E-state index is 10.5. The van der Waals surface area contributed by atoms with Crippen molar-refractivity contribution in [2.24, 2.45) is 5.92 Å². The maximum Gasteiger partial charge on any atom is 0.231 e. The highest BCUT2D eigenvalue weighted by Crippen LogP contribution is 2.34. The van der Waals surface area contributed by atoms with Gasteiger partial charge in [0, 0.05) is 20.2 Å². The van der Waals surface area contributed by atoms with Gasteiger partial charge in [0.1, 0.15) is 0 Å². The Morgan fingerprint density at radius 1 is 1.38 bits per heavy atom. The van der Waals surface area contributed by atoms with Crippen LogP contribution >= 0.6 is 0 Å². The summed E-state index contributed by atoms with van der Waals surface area (Å²) in [5.74, 6) is 2.04. The quantitative estimate of drug-likeness (QED) is 0.917. The van der Waals surface area contributed by atoms with E-state index in [1.807, 2.05) is 18.2 Å². The number of hydrogen-bond acceptors (Lipinski definition) is 5. The molecular formula is C16H23NO4. The molecule has 0 radical (unpaired) electrons. The van der Waals surface area contributed by atoms with Crippen LogP contribution in [-0.4, -0.2) is 49.6 Å². The van der Waals surface area contributed by atoms with Crippen molar-refractivity contribution in [1.29, 1.82) is 0 Å². The van der Waals surface area contributed by atoms with Crippen molar-refractivity contribution in [2.75, 3.05) is 33.5 Å². The molecular weight excluding hydrogens is 270 g/mol. The highest BCUT2D eigenvalue weighted by atomic mass is 16.7. The van der Waals surface area contributed by atoms with E-state index in [0.29, 0.717) is 18.2 Å². The van der Waals surface area contributed by atoms with E-state index < -0.39 is 6.10 Å². The van der Waals surface area contributed by atoms with E-state index in [1.165, 1.54) is 0 Å². The molecule has 3 rings (SSSR count). The summed E-state index contributed by atoms with van der Waals surface area (Å²) in [5, 5.41) is 10.5. The second-order valence-electron chi connectivity index (χ2n) is 5.93. The molecule has 0 amide bonds. The molecule has 0 bridgehead atoms. The van der Waals surface area contributed by atoms with Crippen molar-refractivity contribution in [3.63, 3.8) is 0 Å². The molecule has 1 N–H and O–H groups in total. The summed E-state index contributed by atoms with van der Waals surface area (Å²) in [5.41, 5.74) is 0.867. The van der Waals surface area contributed by atoms with E-state index in [2.05, 4.69) is 11.8 Å². The van der Waals surface area contributed by atoms with Gasteiger partial charge in [-0.1, -0.05) is 13.0 Å². The number of hydrogen-bond donors (Lipinski definition) is 1. The van der Waals surface area contributed by atoms with Crippen LogP contribution in [0.5, 0.6) is 11.5 Å². The molecule has 0 aromatic heterocycles. The summed E-state index contributed by atoms with van der Waals surface area (Å²) < 4.78 is 16.2. The van der Waals surface area contributed by atoms with Gasteiger partial charge in [0.15, 0.2) is 11.5 Å². The molecule has 1 saturated heterocycles. The second kappa shape index (κ2) is 6.22. The van der Waals surface area contributed by atoms with Crippen LogP contribution in [0.1, 0.15) is 25.0 Å². The fourth-order valence-corrected chi connectivity index (χ4v) is 3.04. The van der Waals surface area contributed by atoms with Crippen molar-refractivity contribution in [3.8, 4) is 11.5 Å². The predicted octanol–water partition coefficient (Wildman–Crippen LogP) is 1.81. The smallest absolute Gasteiger partial charge is 0.231 e. The van der Waals surface area contributed by atoms with Gasteiger partial charge in [-0.3, -0.25) is 4.90 Å². The minimum absolute atomic E-state index is 0.253. The third-order valence-corrected chi connectivity index (χ3v) is 4.49. The largest absolute Gasteiger partial charge is 0.454 e. The average molecular weight is 293 g/mol. The molecule has 2 aliphatic rings. The van der Waals surface area contributed by atoms with E-state index in [-0.39, 0.29) is 12.9 Å². The molecule has 1 fully saturated rings. The number of likely N-dealkylation sites (tertiary alicyclic amines) is 1. The number of β-amino-alcohol motifs (C(OH)–C–C–N with tert-alkyl or cyclic N) is 1. The molecule has 21 heavy (non-hydrogen) atoms. The van der Waals surface area contributed by atoms with Gasteiger partial charge in [0.25, 0.3) is 0 Å². The number of nitrogens with zero attached hydrogens (tertiary/aromatic N) is 1. The average Bonchev–Trinajstić information content (AvgIpc) is 2.96. The van der Waals surface area contributed by atoms with Gasteiger partial charge in [-0.05, 0) is 36.6 Å². The third kappa shape index (κ3) is 3.15. The van der Waals surface area contributed by atoms with Crippen molar-refractivity contribution < 1.29 is 19.3 Å². The minimum Gasteiger partial charge on any atom is -0.454 e. The Kier molecular flexibility index (Phi) is 4.33. The molecule has 0 saturated carbocycles. The molecule has 2 aliphatic heterocycles. The highest BCUT2D eigenvalue weighted by molar-refractivity contribution is 5.45. The molecule has 1 aromatic carbocycles. The molecule has 1 aromatic rings.